The van der Waals surface area contributed by atoms with Gasteiger partial charge in [-0.1, -0.05) is 0 Å². The molecule has 1 atom stereocenters. The van der Waals surface area contributed by atoms with Crippen LogP contribution < -0.4 is 4.90 Å². The highest BCUT2D eigenvalue weighted by atomic mass is 16.5. The minimum atomic E-state index is -0.00343. The monoisotopic (exact) mass is 304 g/mol. The Morgan fingerprint density at radius 3 is 2.59 bits per heavy atom. The molecule has 0 saturated carbocycles. The van der Waals surface area contributed by atoms with E-state index >= 15 is 0 Å². The Hall–Kier alpha value is -1.69. The van der Waals surface area contributed by atoms with Gasteiger partial charge in [0.1, 0.15) is 0 Å². The van der Waals surface area contributed by atoms with Crippen LogP contribution in [0.5, 0.6) is 0 Å². The normalized spacial score (nSPS) is 24.3. The van der Waals surface area contributed by atoms with Gasteiger partial charge in [-0.2, -0.15) is 0 Å². The van der Waals surface area contributed by atoms with Gasteiger partial charge < -0.3 is 14.5 Å². The molecule has 1 spiro atoms. The number of amides is 1. The van der Waals surface area contributed by atoms with E-state index < -0.39 is 0 Å². The Bertz CT molecular complexity index is 514. The molecule has 120 valence electrons. The lowest BCUT2D eigenvalue weighted by Crippen LogP contribution is -2.46. The third-order valence-electron chi connectivity index (χ3n) is 5.16. The minimum Gasteiger partial charge on any atom is -0.384 e. The van der Waals surface area contributed by atoms with Crippen molar-refractivity contribution in [3.05, 3.63) is 18.5 Å². The number of rotatable bonds is 4. The maximum atomic E-state index is 12.6. The highest BCUT2D eigenvalue weighted by Gasteiger charge is 2.52. The number of likely N-dealkylation sites (tertiary alicyclic amines) is 1. The molecular weight excluding hydrogens is 280 g/mol. The van der Waals surface area contributed by atoms with Gasteiger partial charge in [-0.3, -0.25) is 4.79 Å². The van der Waals surface area contributed by atoms with Crippen molar-refractivity contribution in [2.24, 2.45) is 11.3 Å². The molecule has 0 radical (unpaired) electrons. The first-order valence-corrected chi connectivity index (χ1v) is 8.00. The standard InChI is InChI=1S/C16H24N4O2/c1-3-19-12-16(13(11-22-2)14(19)21)5-9-20(10-6-16)15-17-7-4-8-18-15/h4,7-8,13H,3,5-6,9-12H2,1-2H3/t13-/m0/s1. The van der Waals surface area contributed by atoms with E-state index in [1.807, 2.05) is 17.9 Å². The van der Waals surface area contributed by atoms with Crippen molar-refractivity contribution in [1.82, 2.24) is 14.9 Å². The van der Waals surface area contributed by atoms with Gasteiger partial charge in [-0.25, -0.2) is 9.97 Å². The van der Waals surface area contributed by atoms with E-state index in [0.29, 0.717) is 6.61 Å². The van der Waals surface area contributed by atoms with Crippen molar-refractivity contribution in [3.63, 3.8) is 0 Å². The average molecular weight is 304 g/mol. The van der Waals surface area contributed by atoms with Gasteiger partial charge in [0.25, 0.3) is 0 Å². The Morgan fingerprint density at radius 1 is 1.32 bits per heavy atom. The summed E-state index contributed by atoms with van der Waals surface area (Å²) < 4.78 is 5.34. The number of nitrogens with zero attached hydrogens (tertiary/aromatic N) is 4. The lowest BCUT2D eigenvalue weighted by molar-refractivity contribution is -0.133. The first kappa shape index (κ1) is 15.2. The molecule has 22 heavy (non-hydrogen) atoms. The third-order valence-corrected chi connectivity index (χ3v) is 5.16. The summed E-state index contributed by atoms with van der Waals surface area (Å²) in [5, 5.41) is 0. The van der Waals surface area contributed by atoms with E-state index in [1.165, 1.54) is 0 Å². The van der Waals surface area contributed by atoms with Gasteiger partial charge in [0.05, 0.1) is 12.5 Å². The van der Waals surface area contributed by atoms with E-state index in [9.17, 15) is 4.79 Å². The summed E-state index contributed by atoms with van der Waals surface area (Å²) >= 11 is 0. The molecule has 0 N–H and O–H groups in total. The molecule has 2 saturated heterocycles. The zero-order valence-corrected chi connectivity index (χ0v) is 13.4. The molecule has 1 amide bonds. The van der Waals surface area contributed by atoms with Crippen molar-refractivity contribution < 1.29 is 9.53 Å². The molecule has 0 unspecified atom stereocenters. The summed E-state index contributed by atoms with van der Waals surface area (Å²) in [7, 11) is 1.68. The van der Waals surface area contributed by atoms with Gasteiger partial charge in [-0.05, 0) is 25.8 Å². The second-order valence-corrected chi connectivity index (χ2v) is 6.26. The molecule has 1 aromatic rings. The molecule has 0 bridgehead atoms. The summed E-state index contributed by atoms with van der Waals surface area (Å²) in [6, 6.07) is 1.83. The highest BCUT2D eigenvalue weighted by Crippen LogP contribution is 2.45. The van der Waals surface area contributed by atoms with Gasteiger partial charge in [0.15, 0.2) is 0 Å². The number of ether oxygens (including phenoxy) is 1. The number of hydrogen-bond acceptors (Lipinski definition) is 5. The van der Waals surface area contributed by atoms with Crippen LogP contribution in [0.2, 0.25) is 0 Å². The lowest BCUT2D eigenvalue weighted by atomic mass is 9.71. The molecule has 0 aromatic carbocycles. The Labute approximate surface area is 131 Å². The molecule has 3 heterocycles. The van der Waals surface area contributed by atoms with Crippen LogP contribution in [0.4, 0.5) is 5.95 Å². The fourth-order valence-electron chi connectivity index (χ4n) is 3.85. The van der Waals surface area contributed by atoms with Crippen LogP contribution in [0.1, 0.15) is 19.8 Å². The molecule has 6 nitrogen and oxygen atoms in total. The van der Waals surface area contributed by atoms with E-state index in [1.54, 1.807) is 19.5 Å². The second-order valence-electron chi connectivity index (χ2n) is 6.26. The zero-order chi connectivity index (χ0) is 15.6. The van der Waals surface area contributed by atoms with Crippen molar-refractivity contribution in [1.29, 1.82) is 0 Å². The van der Waals surface area contributed by atoms with E-state index in [4.69, 9.17) is 4.74 Å². The smallest absolute Gasteiger partial charge is 0.228 e. The topological polar surface area (TPSA) is 58.6 Å². The number of methoxy groups -OCH3 is 1. The van der Waals surface area contributed by atoms with Gasteiger partial charge in [0.2, 0.25) is 11.9 Å². The highest BCUT2D eigenvalue weighted by molar-refractivity contribution is 5.82. The van der Waals surface area contributed by atoms with Crippen LogP contribution in [0.25, 0.3) is 0 Å². The van der Waals surface area contributed by atoms with Crippen molar-refractivity contribution in [2.45, 2.75) is 19.8 Å². The fraction of sp³-hybridized carbons (Fsp3) is 0.688. The second kappa shape index (κ2) is 6.20. The molecule has 2 aliphatic rings. The Kier molecular flexibility index (Phi) is 4.29. The van der Waals surface area contributed by atoms with Crippen molar-refractivity contribution >= 4 is 11.9 Å². The van der Waals surface area contributed by atoms with Crippen LogP contribution >= 0.6 is 0 Å². The average Bonchev–Trinajstić information content (AvgIpc) is 2.82. The van der Waals surface area contributed by atoms with E-state index in [2.05, 4.69) is 14.9 Å². The molecule has 3 rings (SSSR count). The SMILES string of the molecule is CCN1CC2(CCN(c3ncccn3)CC2)[C@@H](COC)C1=O. The molecule has 6 heteroatoms. The van der Waals surface area contributed by atoms with Gasteiger partial charge in [0, 0.05) is 51.1 Å². The predicted molar refractivity (Wildman–Crippen MR) is 83.5 cm³/mol. The molecule has 2 fully saturated rings. The first-order chi connectivity index (χ1) is 10.7. The zero-order valence-electron chi connectivity index (χ0n) is 13.4. The predicted octanol–water partition coefficient (Wildman–Crippen LogP) is 1.19. The van der Waals surface area contributed by atoms with Crippen molar-refractivity contribution in [3.8, 4) is 0 Å². The molecular formula is C16H24N4O2. The summed E-state index contributed by atoms with van der Waals surface area (Å²) in [4.78, 5) is 25.4. The molecule has 1 aromatic heterocycles. The van der Waals surface area contributed by atoms with Gasteiger partial charge in [-0.15, -0.1) is 0 Å². The first-order valence-electron chi connectivity index (χ1n) is 8.00. The Balaban J connectivity index is 1.74. The summed E-state index contributed by atoms with van der Waals surface area (Å²) in [5.41, 5.74) is 0.0500. The number of aromatic nitrogens is 2. The number of anilines is 1. The van der Waals surface area contributed by atoms with Crippen LogP contribution in [0, 0.1) is 11.3 Å². The van der Waals surface area contributed by atoms with E-state index in [0.717, 1.165) is 45.0 Å². The van der Waals surface area contributed by atoms with Crippen molar-refractivity contribution in [2.75, 3.05) is 44.8 Å². The maximum Gasteiger partial charge on any atom is 0.228 e. The quantitative estimate of drug-likeness (QED) is 0.836. The fourth-order valence-corrected chi connectivity index (χ4v) is 3.85. The maximum absolute atomic E-state index is 12.6. The molecule has 0 aliphatic carbocycles. The summed E-state index contributed by atoms with van der Waals surface area (Å²) in [6.07, 6.45) is 5.53. The number of carbonyl (C=O) groups is 1. The number of carbonyl (C=O) groups excluding carboxylic acids is 1. The van der Waals surface area contributed by atoms with E-state index in [-0.39, 0.29) is 17.2 Å². The number of piperidine rings is 1. The number of hydrogen-bond donors (Lipinski definition) is 0. The minimum absolute atomic E-state index is 0.00343. The van der Waals surface area contributed by atoms with Crippen LogP contribution in [0.3, 0.4) is 0 Å². The summed E-state index contributed by atoms with van der Waals surface area (Å²) in [6.45, 7) is 6.02. The van der Waals surface area contributed by atoms with Crippen LogP contribution in [-0.2, 0) is 9.53 Å². The molecule has 2 aliphatic heterocycles. The Morgan fingerprint density at radius 2 is 2.00 bits per heavy atom. The largest absolute Gasteiger partial charge is 0.384 e. The van der Waals surface area contributed by atoms with Gasteiger partial charge >= 0.3 is 0 Å². The lowest BCUT2D eigenvalue weighted by Gasteiger charge is -2.41. The van der Waals surface area contributed by atoms with Crippen LogP contribution in [0.15, 0.2) is 18.5 Å². The summed E-state index contributed by atoms with van der Waals surface area (Å²) in [5.74, 6) is 1.04. The van der Waals surface area contributed by atoms with Crippen LogP contribution in [-0.4, -0.2) is 60.7 Å². The third kappa shape index (κ3) is 2.56.